The minimum Gasteiger partial charge on any atom is -0.352 e. The van der Waals surface area contributed by atoms with Crippen LogP contribution in [0, 0.1) is 18.8 Å². The Balaban J connectivity index is 1.43. The van der Waals surface area contributed by atoms with Crippen molar-refractivity contribution in [1.82, 2.24) is 10.6 Å². The van der Waals surface area contributed by atoms with Gasteiger partial charge in [-0.25, -0.2) is 0 Å². The number of benzene rings is 2. The zero-order valence-corrected chi connectivity index (χ0v) is 16.8. The lowest BCUT2D eigenvalue weighted by atomic mass is 9.81. The molecule has 1 unspecified atom stereocenters. The van der Waals surface area contributed by atoms with Crippen molar-refractivity contribution >= 4 is 11.8 Å². The van der Waals surface area contributed by atoms with Gasteiger partial charge in [-0.15, -0.1) is 0 Å². The molecule has 2 amide bonds. The number of carbonyl (C=O) groups excluding carboxylic acids is 2. The summed E-state index contributed by atoms with van der Waals surface area (Å²) in [7, 11) is 0. The van der Waals surface area contributed by atoms with Crippen molar-refractivity contribution in [1.29, 1.82) is 0 Å². The summed E-state index contributed by atoms with van der Waals surface area (Å²) in [5, 5.41) is 6.18. The van der Waals surface area contributed by atoms with E-state index in [1.54, 1.807) is 0 Å². The van der Waals surface area contributed by atoms with Crippen molar-refractivity contribution in [3.63, 3.8) is 0 Å². The Hall–Kier alpha value is -2.62. The molecular formula is C24H30N2O2. The Morgan fingerprint density at radius 1 is 0.929 bits per heavy atom. The van der Waals surface area contributed by atoms with E-state index in [1.807, 2.05) is 49.4 Å². The molecule has 4 heteroatoms. The molecule has 28 heavy (non-hydrogen) atoms. The van der Waals surface area contributed by atoms with Gasteiger partial charge in [-0.05, 0) is 50.7 Å². The first-order valence-corrected chi connectivity index (χ1v) is 10.2. The third kappa shape index (κ3) is 5.44. The van der Waals surface area contributed by atoms with Crippen LogP contribution >= 0.6 is 0 Å². The number of aryl methyl sites for hydroxylation is 1. The Kier molecular flexibility index (Phi) is 6.85. The van der Waals surface area contributed by atoms with Gasteiger partial charge in [0.25, 0.3) is 0 Å². The van der Waals surface area contributed by atoms with E-state index in [0.717, 1.165) is 36.8 Å². The second-order valence-corrected chi connectivity index (χ2v) is 7.90. The van der Waals surface area contributed by atoms with Gasteiger partial charge in [0.15, 0.2) is 0 Å². The van der Waals surface area contributed by atoms with E-state index in [-0.39, 0.29) is 29.7 Å². The van der Waals surface area contributed by atoms with Crippen LogP contribution in [0.5, 0.6) is 0 Å². The summed E-state index contributed by atoms with van der Waals surface area (Å²) < 4.78 is 0. The Morgan fingerprint density at radius 2 is 1.57 bits per heavy atom. The number of amides is 2. The second-order valence-electron chi connectivity index (χ2n) is 7.90. The molecular weight excluding hydrogens is 348 g/mol. The van der Waals surface area contributed by atoms with Crippen LogP contribution in [0.15, 0.2) is 54.6 Å². The summed E-state index contributed by atoms with van der Waals surface area (Å²) in [6.45, 7) is 4.63. The van der Waals surface area contributed by atoms with Gasteiger partial charge in [0.1, 0.15) is 0 Å². The molecule has 4 nitrogen and oxygen atoms in total. The van der Waals surface area contributed by atoms with E-state index >= 15 is 0 Å². The van der Waals surface area contributed by atoms with E-state index in [2.05, 4.69) is 29.7 Å². The summed E-state index contributed by atoms with van der Waals surface area (Å²) in [5.74, 6) is 0.236. The van der Waals surface area contributed by atoms with Crippen molar-refractivity contribution < 1.29 is 9.59 Å². The first-order chi connectivity index (χ1) is 13.5. The molecule has 1 saturated carbocycles. The highest BCUT2D eigenvalue weighted by Gasteiger charge is 2.30. The van der Waals surface area contributed by atoms with Crippen LogP contribution in [0.4, 0.5) is 0 Å². The van der Waals surface area contributed by atoms with Gasteiger partial charge in [-0.1, -0.05) is 60.2 Å². The fourth-order valence-electron chi connectivity index (χ4n) is 3.93. The van der Waals surface area contributed by atoms with Crippen LogP contribution in [-0.4, -0.2) is 11.8 Å². The molecule has 1 aliphatic rings. The number of carbonyl (C=O) groups is 2. The maximum absolute atomic E-state index is 12.6. The van der Waals surface area contributed by atoms with Crippen molar-refractivity contribution in [2.45, 2.75) is 52.1 Å². The molecule has 2 aromatic carbocycles. The number of rotatable bonds is 6. The van der Waals surface area contributed by atoms with Crippen molar-refractivity contribution in [3.05, 3.63) is 71.3 Å². The van der Waals surface area contributed by atoms with Gasteiger partial charge in [0.05, 0.1) is 6.04 Å². The van der Waals surface area contributed by atoms with E-state index < -0.39 is 0 Å². The predicted molar refractivity (Wildman–Crippen MR) is 111 cm³/mol. The Morgan fingerprint density at radius 3 is 2.21 bits per heavy atom. The molecule has 3 rings (SSSR count). The summed E-state index contributed by atoms with van der Waals surface area (Å²) in [4.78, 5) is 25.1. The summed E-state index contributed by atoms with van der Waals surface area (Å²) in [6, 6.07) is 18.2. The van der Waals surface area contributed by atoms with Crippen LogP contribution in [0.1, 0.15) is 55.3 Å². The fourth-order valence-corrected chi connectivity index (χ4v) is 3.93. The van der Waals surface area contributed by atoms with Gasteiger partial charge in [0.2, 0.25) is 11.8 Å². The van der Waals surface area contributed by atoms with Gasteiger partial charge in [-0.2, -0.15) is 0 Å². The lowest BCUT2D eigenvalue weighted by Gasteiger charge is -2.28. The van der Waals surface area contributed by atoms with Crippen LogP contribution in [0.3, 0.4) is 0 Å². The molecule has 0 spiro atoms. The molecule has 0 aliphatic heterocycles. The van der Waals surface area contributed by atoms with Crippen LogP contribution < -0.4 is 10.6 Å². The van der Waals surface area contributed by atoms with Crippen LogP contribution in [0.25, 0.3) is 0 Å². The summed E-state index contributed by atoms with van der Waals surface area (Å²) in [5.41, 5.74) is 3.43. The molecule has 0 heterocycles. The SMILES string of the molecule is Cc1cccc(CNC(=O)C2CCC(C(=O)NC(C)c3ccccc3)CC2)c1. The molecule has 2 aromatic rings. The number of nitrogens with one attached hydrogen (secondary N) is 2. The molecule has 148 valence electrons. The molecule has 0 radical (unpaired) electrons. The minimum absolute atomic E-state index is 0.00375. The Labute approximate surface area is 167 Å². The molecule has 0 saturated heterocycles. The highest BCUT2D eigenvalue weighted by atomic mass is 16.2. The maximum atomic E-state index is 12.6. The largest absolute Gasteiger partial charge is 0.352 e. The standard InChI is InChI=1S/C24H30N2O2/c1-17-7-6-8-19(15-17)16-25-23(27)21-11-13-22(14-12-21)24(28)26-18(2)20-9-4-3-5-10-20/h3-10,15,18,21-22H,11-14,16H2,1-2H3,(H,25,27)(H,26,28). The lowest BCUT2D eigenvalue weighted by Crippen LogP contribution is -2.38. The average molecular weight is 379 g/mol. The van der Waals surface area contributed by atoms with Gasteiger partial charge >= 0.3 is 0 Å². The van der Waals surface area contributed by atoms with Crippen molar-refractivity contribution in [2.24, 2.45) is 11.8 Å². The molecule has 1 atom stereocenters. The van der Waals surface area contributed by atoms with Gasteiger partial charge < -0.3 is 10.6 Å². The van der Waals surface area contributed by atoms with Crippen LogP contribution in [0.2, 0.25) is 0 Å². The van der Waals surface area contributed by atoms with Crippen molar-refractivity contribution in [3.8, 4) is 0 Å². The molecule has 0 aromatic heterocycles. The molecule has 0 bridgehead atoms. The zero-order chi connectivity index (χ0) is 19.9. The van der Waals surface area contributed by atoms with E-state index in [9.17, 15) is 9.59 Å². The Bertz CT molecular complexity index is 795. The predicted octanol–water partition coefficient (Wildman–Crippen LogP) is 4.30. The lowest BCUT2D eigenvalue weighted by molar-refractivity contribution is -0.131. The third-order valence-corrected chi connectivity index (χ3v) is 5.68. The quantitative estimate of drug-likeness (QED) is 0.788. The maximum Gasteiger partial charge on any atom is 0.223 e. The molecule has 1 aliphatic carbocycles. The molecule has 2 N–H and O–H groups in total. The topological polar surface area (TPSA) is 58.2 Å². The second kappa shape index (κ2) is 9.54. The monoisotopic (exact) mass is 378 g/mol. The van der Waals surface area contributed by atoms with Crippen molar-refractivity contribution in [2.75, 3.05) is 0 Å². The van der Waals surface area contributed by atoms with E-state index in [1.165, 1.54) is 5.56 Å². The highest BCUT2D eigenvalue weighted by molar-refractivity contribution is 5.81. The fraction of sp³-hybridized carbons (Fsp3) is 0.417. The van der Waals surface area contributed by atoms with Gasteiger partial charge in [0, 0.05) is 18.4 Å². The summed E-state index contributed by atoms with van der Waals surface area (Å²) >= 11 is 0. The third-order valence-electron chi connectivity index (χ3n) is 5.68. The minimum atomic E-state index is 0.00375. The normalized spacial score (nSPS) is 20.2. The number of hydrogen-bond donors (Lipinski definition) is 2. The smallest absolute Gasteiger partial charge is 0.223 e. The van der Waals surface area contributed by atoms with E-state index in [4.69, 9.17) is 0 Å². The molecule has 1 fully saturated rings. The van der Waals surface area contributed by atoms with Gasteiger partial charge in [-0.3, -0.25) is 9.59 Å². The number of hydrogen-bond acceptors (Lipinski definition) is 2. The summed E-state index contributed by atoms with van der Waals surface area (Å²) in [6.07, 6.45) is 3.10. The van der Waals surface area contributed by atoms with E-state index in [0.29, 0.717) is 6.54 Å². The van der Waals surface area contributed by atoms with Crippen LogP contribution in [-0.2, 0) is 16.1 Å². The average Bonchev–Trinajstić information content (AvgIpc) is 2.72. The first kappa shape index (κ1) is 20.1. The zero-order valence-electron chi connectivity index (χ0n) is 16.8. The first-order valence-electron chi connectivity index (χ1n) is 10.2. The highest BCUT2D eigenvalue weighted by Crippen LogP contribution is 2.29.